The maximum Gasteiger partial charge on any atom is 0.312 e. The SMILES string of the molecule is C=CCCC(=O)NC[C@H](C)OC(=O)[C@@H]1[C@H]2O[C@@]3(CC2Br)[C@H](C(=O)N(CC=C)Cc2ccccc2)N(CCO)C(=O)[C@@H]13. The van der Waals surface area contributed by atoms with Gasteiger partial charge in [-0.2, -0.15) is 0 Å². The summed E-state index contributed by atoms with van der Waals surface area (Å²) in [5.41, 5.74) is -0.346. The van der Waals surface area contributed by atoms with Gasteiger partial charge in [-0.05, 0) is 25.3 Å². The zero-order chi connectivity index (χ0) is 29.7. The van der Waals surface area contributed by atoms with Crippen LogP contribution < -0.4 is 5.32 Å². The Morgan fingerprint density at radius 1 is 1.29 bits per heavy atom. The zero-order valence-corrected chi connectivity index (χ0v) is 24.8. The average Bonchev–Trinajstić information content (AvgIpc) is 3.54. The van der Waals surface area contributed by atoms with Gasteiger partial charge in [0.1, 0.15) is 17.7 Å². The molecule has 3 saturated heterocycles. The number of β-amino-alcohol motifs (C(OH)–C–C–N with tert-alkyl or cyclic N) is 1. The summed E-state index contributed by atoms with van der Waals surface area (Å²) in [5, 5.41) is 12.6. The smallest absolute Gasteiger partial charge is 0.312 e. The Kier molecular flexibility index (Phi) is 10.0. The van der Waals surface area contributed by atoms with E-state index in [1.165, 1.54) is 4.90 Å². The summed E-state index contributed by atoms with van der Waals surface area (Å²) in [6.45, 7) is 9.31. The lowest BCUT2D eigenvalue weighted by Gasteiger charge is -2.37. The van der Waals surface area contributed by atoms with Crippen molar-refractivity contribution in [1.82, 2.24) is 15.1 Å². The van der Waals surface area contributed by atoms with Crippen LogP contribution in [0.2, 0.25) is 0 Å². The number of carbonyl (C=O) groups excluding carboxylic acids is 4. The van der Waals surface area contributed by atoms with Gasteiger partial charge in [0.2, 0.25) is 17.7 Å². The van der Waals surface area contributed by atoms with Crippen molar-refractivity contribution in [2.45, 2.75) is 61.4 Å². The molecule has 0 aliphatic carbocycles. The molecule has 2 bridgehead atoms. The molecule has 4 rings (SSSR count). The standard InChI is InChI=1S/C30H38BrN3O7/c1-4-6-12-22(36)32-17-19(3)40-29(39)23-24-27(37)34(14-15-35)26(30(24)16-21(31)25(23)41-30)28(38)33(13-5-2)18-20-10-8-7-9-11-20/h4-5,7-11,19,21,23-26,35H,1-2,6,12-18H2,3H3,(H,32,36)/t19-,21?,23-,24+,25-,26-,30+/m0/s1. The van der Waals surface area contributed by atoms with Crippen molar-refractivity contribution < 1.29 is 33.8 Å². The third kappa shape index (κ3) is 6.12. The number of rotatable bonds is 14. The molecule has 3 aliphatic heterocycles. The Morgan fingerprint density at radius 2 is 2.02 bits per heavy atom. The highest BCUT2D eigenvalue weighted by molar-refractivity contribution is 9.09. The second kappa shape index (κ2) is 13.3. The number of aliphatic hydroxyl groups excluding tert-OH is 1. The largest absolute Gasteiger partial charge is 0.460 e. The number of nitrogens with one attached hydrogen (secondary N) is 1. The fourth-order valence-corrected chi connectivity index (χ4v) is 7.23. The molecule has 0 radical (unpaired) electrons. The van der Waals surface area contributed by atoms with E-state index in [0.29, 0.717) is 19.4 Å². The molecule has 10 nitrogen and oxygen atoms in total. The van der Waals surface area contributed by atoms with Gasteiger partial charge in [0.25, 0.3) is 0 Å². The monoisotopic (exact) mass is 631 g/mol. The molecule has 0 aromatic heterocycles. The lowest BCUT2D eigenvalue weighted by molar-refractivity contribution is -0.159. The molecule has 1 unspecified atom stereocenters. The summed E-state index contributed by atoms with van der Waals surface area (Å²) in [6.07, 6.45) is 3.14. The molecule has 41 heavy (non-hydrogen) atoms. The van der Waals surface area contributed by atoms with Crippen molar-refractivity contribution in [3.05, 3.63) is 61.2 Å². The summed E-state index contributed by atoms with van der Waals surface area (Å²) < 4.78 is 12.2. The molecule has 0 saturated carbocycles. The lowest BCUT2D eigenvalue weighted by atomic mass is 9.70. The Labute approximate surface area is 248 Å². The molecule has 3 amide bonds. The first-order valence-electron chi connectivity index (χ1n) is 13.9. The topological polar surface area (TPSA) is 125 Å². The molecule has 11 heteroatoms. The van der Waals surface area contributed by atoms with Crippen molar-refractivity contribution in [2.24, 2.45) is 11.8 Å². The quantitative estimate of drug-likeness (QED) is 0.183. The molecule has 3 fully saturated rings. The van der Waals surface area contributed by atoms with E-state index in [4.69, 9.17) is 9.47 Å². The Bertz CT molecular complexity index is 1160. The van der Waals surface area contributed by atoms with Crippen molar-refractivity contribution in [1.29, 1.82) is 0 Å². The van der Waals surface area contributed by atoms with E-state index < -0.39 is 47.6 Å². The van der Waals surface area contributed by atoms with Gasteiger partial charge >= 0.3 is 5.97 Å². The number of halogens is 1. The number of hydrogen-bond donors (Lipinski definition) is 2. The van der Waals surface area contributed by atoms with Crippen molar-refractivity contribution in [2.75, 3.05) is 26.2 Å². The number of alkyl halides is 1. The summed E-state index contributed by atoms with van der Waals surface area (Å²) in [7, 11) is 0. The normalized spacial score (nSPS) is 28.6. The van der Waals surface area contributed by atoms with Crippen LogP contribution in [0, 0.1) is 11.8 Å². The fourth-order valence-electron chi connectivity index (χ4n) is 6.29. The van der Waals surface area contributed by atoms with Gasteiger partial charge in [0, 0.05) is 30.9 Å². The van der Waals surface area contributed by atoms with E-state index in [2.05, 4.69) is 34.4 Å². The molecule has 1 aromatic rings. The van der Waals surface area contributed by atoms with Crippen LogP contribution in [0.5, 0.6) is 0 Å². The number of amides is 3. The molecule has 3 aliphatic rings. The number of nitrogens with zero attached hydrogens (tertiary/aromatic N) is 2. The molecule has 1 aromatic carbocycles. The third-order valence-corrected chi connectivity index (χ3v) is 8.84. The van der Waals surface area contributed by atoms with Crippen LogP contribution in [-0.2, 0) is 35.2 Å². The van der Waals surface area contributed by atoms with Gasteiger partial charge in [-0.25, -0.2) is 0 Å². The molecule has 222 valence electrons. The number of allylic oxidation sites excluding steroid dienone is 1. The highest BCUT2D eigenvalue weighted by Gasteiger charge is 2.77. The van der Waals surface area contributed by atoms with Crippen LogP contribution in [0.3, 0.4) is 0 Å². The van der Waals surface area contributed by atoms with Crippen molar-refractivity contribution in [3.63, 3.8) is 0 Å². The first kappa shape index (κ1) is 30.9. The van der Waals surface area contributed by atoms with E-state index in [0.717, 1.165) is 5.56 Å². The zero-order valence-electron chi connectivity index (χ0n) is 23.2. The maximum atomic E-state index is 14.2. The number of aliphatic hydroxyl groups is 1. The van der Waals surface area contributed by atoms with Crippen LogP contribution in [-0.4, -0.2) is 93.5 Å². The van der Waals surface area contributed by atoms with E-state index in [1.54, 1.807) is 24.0 Å². The predicted octanol–water partition coefficient (Wildman–Crippen LogP) is 1.96. The molecule has 1 spiro atoms. The van der Waals surface area contributed by atoms with E-state index in [-0.39, 0.29) is 49.3 Å². The summed E-state index contributed by atoms with van der Waals surface area (Å²) >= 11 is 3.63. The Hall–Kier alpha value is -3.02. The predicted molar refractivity (Wildman–Crippen MR) is 155 cm³/mol. The van der Waals surface area contributed by atoms with Crippen LogP contribution >= 0.6 is 15.9 Å². The van der Waals surface area contributed by atoms with Gasteiger partial charge in [0.15, 0.2) is 0 Å². The van der Waals surface area contributed by atoms with Crippen LogP contribution in [0.25, 0.3) is 0 Å². The molecular formula is C30H38BrN3O7. The number of carbonyl (C=O) groups is 4. The van der Waals surface area contributed by atoms with Gasteiger partial charge in [-0.1, -0.05) is 58.4 Å². The minimum absolute atomic E-state index is 0.0728. The molecule has 2 N–H and O–H groups in total. The van der Waals surface area contributed by atoms with Crippen LogP contribution in [0.1, 0.15) is 31.7 Å². The van der Waals surface area contributed by atoms with Gasteiger partial charge < -0.3 is 29.7 Å². The van der Waals surface area contributed by atoms with Crippen molar-refractivity contribution >= 4 is 39.6 Å². The Morgan fingerprint density at radius 3 is 2.68 bits per heavy atom. The highest BCUT2D eigenvalue weighted by Crippen LogP contribution is 2.60. The highest BCUT2D eigenvalue weighted by atomic mass is 79.9. The summed E-state index contributed by atoms with van der Waals surface area (Å²) in [6, 6.07) is 8.47. The summed E-state index contributed by atoms with van der Waals surface area (Å²) in [4.78, 5) is 56.3. The number of fused-ring (bicyclic) bond motifs is 1. The minimum Gasteiger partial charge on any atom is -0.460 e. The van der Waals surface area contributed by atoms with Gasteiger partial charge in [-0.15, -0.1) is 13.2 Å². The second-order valence-electron chi connectivity index (χ2n) is 10.8. The lowest BCUT2D eigenvalue weighted by Crippen LogP contribution is -2.56. The molecular weight excluding hydrogens is 594 g/mol. The Balaban J connectivity index is 1.58. The number of esters is 1. The number of benzene rings is 1. The number of likely N-dealkylation sites (tertiary alicyclic amines) is 1. The second-order valence-corrected chi connectivity index (χ2v) is 12.0. The van der Waals surface area contributed by atoms with Crippen LogP contribution in [0.15, 0.2) is 55.6 Å². The molecule has 3 heterocycles. The van der Waals surface area contributed by atoms with Gasteiger partial charge in [-0.3, -0.25) is 19.2 Å². The first-order chi connectivity index (χ1) is 19.7. The van der Waals surface area contributed by atoms with Gasteiger partial charge in [0.05, 0.1) is 31.1 Å². The van der Waals surface area contributed by atoms with E-state index in [9.17, 15) is 24.3 Å². The maximum absolute atomic E-state index is 14.2. The average molecular weight is 633 g/mol. The van der Waals surface area contributed by atoms with Crippen molar-refractivity contribution in [3.8, 4) is 0 Å². The first-order valence-corrected chi connectivity index (χ1v) is 14.8. The number of ether oxygens (including phenoxy) is 2. The van der Waals surface area contributed by atoms with E-state index >= 15 is 0 Å². The molecule has 7 atom stereocenters. The number of hydrogen-bond acceptors (Lipinski definition) is 7. The fraction of sp³-hybridized carbons (Fsp3) is 0.533. The third-order valence-electron chi connectivity index (χ3n) is 7.99. The van der Waals surface area contributed by atoms with E-state index in [1.807, 2.05) is 30.3 Å². The summed E-state index contributed by atoms with van der Waals surface area (Å²) in [5.74, 6) is -3.42. The minimum atomic E-state index is -1.26. The van der Waals surface area contributed by atoms with Crippen LogP contribution in [0.4, 0.5) is 0 Å².